The molecule has 0 radical (unpaired) electrons. The van der Waals surface area contributed by atoms with E-state index in [1.807, 2.05) is 0 Å². The molecule has 0 saturated carbocycles. The Morgan fingerprint density at radius 2 is 1.67 bits per heavy atom. The van der Waals surface area contributed by atoms with Crippen LogP contribution in [0, 0.1) is 0 Å². The van der Waals surface area contributed by atoms with Crippen LogP contribution in [-0.2, 0) is 21.3 Å². The largest absolute Gasteiger partial charge is 0.493 e. The van der Waals surface area contributed by atoms with Gasteiger partial charge in [0, 0.05) is 12.0 Å². The first kappa shape index (κ1) is 20.8. The normalized spacial score (nSPS) is 12.6. The molecular formula is C20H24O6S. The van der Waals surface area contributed by atoms with Gasteiger partial charge in [0.25, 0.3) is 0 Å². The zero-order chi connectivity index (χ0) is 20.0. The van der Waals surface area contributed by atoms with Gasteiger partial charge >= 0.3 is 16.1 Å². The minimum absolute atomic E-state index is 0.272. The molecule has 1 N–H and O–H groups in total. The molecule has 0 aliphatic carbocycles. The molecule has 27 heavy (non-hydrogen) atoms. The van der Waals surface area contributed by atoms with Crippen LogP contribution in [0.25, 0.3) is 0 Å². The lowest BCUT2D eigenvalue weighted by molar-refractivity contribution is -0.138. The van der Waals surface area contributed by atoms with Gasteiger partial charge in [0.05, 0.1) is 17.8 Å². The van der Waals surface area contributed by atoms with Crippen molar-refractivity contribution in [2.24, 2.45) is 0 Å². The molecule has 1 unspecified atom stereocenters. The maximum atomic E-state index is 11.8. The van der Waals surface area contributed by atoms with Gasteiger partial charge in [-0.15, -0.1) is 0 Å². The number of hydrogen-bond acceptors (Lipinski definition) is 5. The van der Waals surface area contributed by atoms with Crippen molar-refractivity contribution < 1.29 is 27.2 Å². The van der Waals surface area contributed by atoms with Gasteiger partial charge in [-0.2, -0.15) is 8.42 Å². The van der Waals surface area contributed by atoms with Gasteiger partial charge in [0.1, 0.15) is 11.5 Å². The summed E-state index contributed by atoms with van der Waals surface area (Å²) in [5.74, 6) is -0.733. The summed E-state index contributed by atoms with van der Waals surface area (Å²) in [6, 6.07) is 13.9. The fraction of sp³-hybridized carbons (Fsp3) is 0.350. The van der Waals surface area contributed by atoms with E-state index in [4.69, 9.17) is 8.92 Å². The molecule has 2 aromatic carbocycles. The Labute approximate surface area is 159 Å². The Kier molecular flexibility index (Phi) is 6.85. The molecule has 146 valence electrons. The number of aliphatic carboxylic acids is 1. The molecule has 0 amide bonds. The fourth-order valence-corrected chi connectivity index (χ4v) is 2.90. The molecule has 0 spiro atoms. The summed E-state index contributed by atoms with van der Waals surface area (Å²) < 4.78 is 34.3. The number of carboxylic acids is 1. The first-order valence-corrected chi connectivity index (χ1v) is 10.1. The molecule has 0 aliphatic rings. The molecule has 0 fully saturated rings. The highest BCUT2D eigenvalue weighted by atomic mass is 32.2. The first-order valence-electron chi connectivity index (χ1n) is 8.67. The number of rotatable bonds is 9. The van der Waals surface area contributed by atoms with Crippen molar-refractivity contribution in [2.75, 3.05) is 6.61 Å². The SMILES string of the molecule is CC(C(=O)O)c1ccccc1OCCc1ccc(OS(=O)(=O)C(C)C)cc1. The van der Waals surface area contributed by atoms with Crippen LogP contribution in [0.15, 0.2) is 48.5 Å². The summed E-state index contributed by atoms with van der Waals surface area (Å²) in [7, 11) is -3.61. The number of carbonyl (C=O) groups is 1. The first-order chi connectivity index (χ1) is 12.7. The van der Waals surface area contributed by atoms with E-state index in [2.05, 4.69) is 0 Å². The van der Waals surface area contributed by atoms with Crippen molar-refractivity contribution in [3.8, 4) is 11.5 Å². The summed E-state index contributed by atoms with van der Waals surface area (Å²) >= 11 is 0. The molecule has 7 heteroatoms. The number of carboxylic acid groups (broad SMARTS) is 1. The third kappa shape index (κ3) is 5.72. The van der Waals surface area contributed by atoms with Crippen LogP contribution in [0.1, 0.15) is 37.8 Å². The van der Waals surface area contributed by atoms with E-state index in [0.29, 0.717) is 24.3 Å². The Morgan fingerprint density at radius 3 is 2.26 bits per heavy atom. The predicted octanol–water partition coefficient (Wildman–Crippen LogP) is 3.61. The zero-order valence-electron chi connectivity index (χ0n) is 15.6. The minimum Gasteiger partial charge on any atom is -0.493 e. The number of benzene rings is 2. The topological polar surface area (TPSA) is 89.9 Å². The van der Waals surface area contributed by atoms with Crippen molar-refractivity contribution in [3.05, 3.63) is 59.7 Å². The van der Waals surface area contributed by atoms with Gasteiger partial charge in [0.2, 0.25) is 0 Å². The van der Waals surface area contributed by atoms with Crippen molar-refractivity contribution in [1.82, 2.24) is 0 Å². The van der Waals surface area contributed by atoms with E-state index in [1.165, 1.54) is 0 Å². The summed E-state index contributed by atoms with van der Waals surface area (Å²) in [6.45, 7) is 5.11. The van der Waals surface area contributed by atoms with Gasteiger partial charge in [0.15, 0.2) is 0 Å². The second-order valence-electron chi connectivity index (χ2n) is 6.47. The van der Waals surface area contributed by atoms with E-state index >= 15 is 0 Å². The second kappa shape index (κ2) is 8.90. The summed E-state index contributed by atoms with van der Waals surface area (Å²) in [5, 5.41) is 8.58. The van der Waals surface area contributed by atoms with Crippen LogP contribution in [0.5, 0.6) is 11.5 Å². The molecule has 2 rings (SSSR count). The molecule has 0 aromatic heterocycles. The van der Waals surface area contributed by atoms with E-state index in [0.717, 1.165) is 5.56 Å². The molecular weight excluding hydrogens is 368 g/mol. The lowest BCUT2D eigenvalue weighted by Gasteiger charge is -2.14. The van der Waals surface area contributed by atoms with Crippen molar-refractivity contribution in [2.45, 2.75) is 38.4 Å². The number of para-hydroxylation sites is 1. The van der Waals surface area contributed by atoms with E-state index in [9.17, 15) is 18.3 Å². The molecule has 0 saturated heterocycles. The summed E-state index contributed by atoms with van der Waals surface area (Å²) in [6.07, 6.45) is 0.590. The lowest BCUT2D eigenvalue weighted by Crippen LogP contribution is -2.19. The minimum atomic E-state index is -3.61. The van der Waals surface area contributed by atoms with Crippen LogP contribution in [0.2, 0.25) is 0 Å². The van der Waals surface area contributed by atoms with Crippen LogP contribution < -0.4 is 8.92 Å². The second-order valence-corrected chi connectivity index (χ2v) is 8.56. The maximum Gasteiger partial charge on any atom is 0.311 e. The number of hydrogen-bond donors (Lipinski definition) is 1. The maximum absolute atomic E-state index is 11.8. The van der Waals surface area contributed by atoms with Crippen LogP contribution in [0.4, 0.5) is 0 Å². The average Bonchev–Trinajstić information content (AvgIpc) is 2.62. The smallest absolute Gasteiger partial charge is 0.311 e. The Balaban J connectivity index is 1.96. The Bertz CT molecular complexity index is 872. The van der Waals surface area contributed by atoms with Gasteiger partial charge in [-0.3, -0.25) is 4.79 Å². The predicted molar refractivity (Wildman–Crippen MR) is 103 cm³/mol. The third-order valence-electron chi connectivity index (χ3n) is 4.12. The summed E-state index contributed by atoms with van der Waals surface area (Å²) in [5.41, 5.74) is 1.58. The highest BCUT2D eigenvalue weighted by Crippen LogP contribution is 2.26. The van der Waals surface area contributed by atoms with Gasteiger partial charge in [-0.1, -0.05) is 30.3 Å². The molecule has 0 aliphatic heterocycles. The zero-order valence-corrected chi connectivity index (χ0v) is 16.4. The highest BCUT2D eigenvalue weighted by molar-refractivity contribution is 7.87. The Hall–Kier alpha value is -2.54. The van der Waals surface area contributed by atoms with Crippen molar-refractivity contribution in [3.63, 3.8) is 0 Å². The summed E-state index contributed by atoms with van der Waals surface area (Å²) in [4.78, 5) is 11.2. The van der Waals surface area contributed by atoms with E-state index < -0.39 is 27.3 Å². The van der Waals surface area contributed by atoms with Gasteiger partial charge in [-0.05, 0) is 44.5 Å². The Morgan fingerprint density at radius 1 is 1.04 bits per heavy atom. The van der Waals surface area contributed by atoms with Crippen LogP contribution >= 0.6 is 0 Å². The molecule has 0 heterocycles. The molecule has 1 atom stereocenters. The lowest BCUT2D eigenvalue weighted by atomic mass is 10.0. The van der Waals surface area contributed by atoms with Gasteiger partial charge < -0.3 is 14.0 Å². The average molecular weight is 392 g/mol. The molecule has 6 nitrogen and oxygen atoms in total. The standard InChI is InChI=1S/C20H24O6S/c1-14(2)27(23,24)26-17-10-8-16(9-11-17)12-13-25-19-7-5-4-6-18(19)15(3)20(21)22/h4-11,14-15H,12-13H2,1-3H3,(H,21,22). The fourth-order valence-electron chi connectivity index (χ4n) is 2.32. The highest BCUT2D eigenvalue weighted by Gasteiger charge is 2.19. The van der Waals surface area contributed by atoms with Crippen molar-refractivity contribution in [1.29, 1.82) is 0 Å². The van der Waals surface area contributed by atoms with E-state index in [1.54, 1.807) is 69.3 Å². The van der Waals surface area contributed by atoms with E-state index in [-0.39, 0.29) is 5.75 Å². The molecule has 0 bridgehead atoms. The number of ether oxygens (including phenoxy) is 1. The van der Waals surface area contributed by atoms with Crippen LogP contribution in [0.3, 0.4) is 0 Å². The quantitative estimate of drug-likeness (QED) is 0.656. The monoisotopic (exact) mass is 392 g/mol. The van der Waals surface area contributed by atoms with Gasteiger partial charge in [-0.25, -0.2) is 0 Å². The van der Waals surface area contributed by atoms with Crippen molar-refractivity contribution >= 4 is 16.1 Å². The third-order valence-corrected chi connectivity index (χ3v) is 5.70. The van der Waals surface area contributed by atoms with Crippen LogP contribution in [-0.4, -0.2) is 31.4 Å². The molecule has 2 aromatic rings.